The van der Waals surface area contributed by atoms with E-state index in [-0.39, 0.29) is 6.10 Å². The molecule has 1 aliphatic rings. The molecule has 2 heterocycles. The normalized spacial score (nSPS) is 22.6. The van der Waals surface area contributed by atoms with Gasteiger partial charge < -0.3 is 14.6 Å². The molecule has 5 heteroatoms. The maximum absolute atomic E-state index is 5.97. The van der Waals surface area contributed by atoms with Gasteiger partial charge in [-0.1, -0.05) is 13.8 Å². The van der Waals surface area contributed by atoms with Gasteiger partial charge in [-0.15, -0.1) is 0 Å². The monoisotopic (exact) mass is 266 g/mol. The fourth-order valence-corrected chi connectivity index (χ4v) is 2.65. The lowest BCUT2D eigenvalue weighted by molar-refractivity contribution is -0.0448. The van der Waals surface area contributed by atoms with E-state index in [9.17, 15) is 0 Å². The highest BCUT2D eigenvalue weighted by molar-refractivity contribution is 4.97. The third kappa shape index (κ3) is 3.78. The lowest BCUT2D eigenvalue weighted by Gasteiger charge is -2.36. The Morgan fingerprint density at radius 1 is 1.53 bits per heavy atom. The Balaban J connectivity index is 2.00. The Morgan fingerprint density at radius 2 is 2.37 bits per heavy atom. The average molecular weight is 266 g/mol. The largest absolute Gasteiger partial charge is 0.374 e. The topological polar surface area (TPSA) is 42.3 Å². The summed E-state index contributed by atoms with van der Waals surface area (Å²) in [6.07, 6.45) is 5.03. The van der Waals surface area contributed by atoms with Gasteiger partial charge in [-0.05, 0) is 13.1 Å². The Bertz CT molecular complexity index is 379. The summed E-state index contributed by atoms with van der Waals surface area (Å²) in [5, 5.41) is 3.56. The molecule has 108 valence electrons. The van der Waals surface area contributed by atoms with E-state index >= 15 is 0 Å². The van der Waals surface area contributed by atoms with E-state index in [1.54, 1.807) is 0 Å². The maximum atomic E-state index is 5.97. The van der Waals surface area contributed by atoms with Gasteiger partial charge in [0.25, 0.3) is 0 Å². The molecule has 2 unspecified atom stereocenters. The third-order valence-corrected chi connectivity index (χ3v) is 3.86. The number of nitrogens with zero attached hydrogens (tertiary/aromatic N) is 3. The van der Waals surface area contributed by atoms with Crippen LogP contribution in [0.5, 0.6) is 0 Å². The zero-order chi connectivity index (χ0) is 13.7. The minimum absolute atomic E-state index is 0.255. The van der Waals surface area contributed by atoms with E-state index in [4.69, 9.17) is 4.74 Å². The zero-order valence-corrected chi connectivity index (χ0v) is 12.3. The van der Waals surface area contributed by atoms with Crippen LogP contribution in [0.25, 0.3) is 0 Å². The van der Waals surface area contributed by atoms with Gasteiger partial charge in [-0.2, -0.15) is 0 Å². The van der Waals surface area contributed by atoms with E-state index < -0.39 is 0 Å². The standard InChI is InChI=1S/C14H26N4O/c1-4-15-12(10-14-16-6-7-17(14)3)13-11-18(5-2)8-9-19-13/h6-7,12-13,15H,4-5,8-11H2,1-3H3. The SMILES string of the molecule is CCNC(Cc1nccn1C)C1CN(CC)CCO1. The molecular weight excluding hydrogens is 240 g/mol. The summed E-state index contributed by atoms with van der Waals surface area (Å²) in [6.45, 7) is 9.31. The number of ether oxygens (including phenoxy) is 1. The molecule has 1 aromatic rings. The number of aryl methyl sites for hydroxylation is 1. The van der Waals surface area contributed by atoms with E-state index in [0.29, 0.717) is 6.04 Å². The van der Waals surface area contributed by atoms with Crippen molar-refractivity contribution in [1.29, 1.82) is 0 Å². The van der Waals surface area contributed by atoms with Crippen molar-refractivity contribution in [2.24, 2.45) is 7.05 Å². The summed E-state index contributed by atoms with van der Waals surface area (Å²) in [5.74, 6) is 1.11. The Morgan fingerprint density at radius 3 is 3.00 bits per heavy atom. The number of aromatic nitrogens is 2. The lowest BCUT2D eigenvalue weighted by atomic mass is 10.0. The van der Waals surface area contributed by atoms with Crippen LogP contribution in [0.1, 0.15) is 19.7 Å². The van der Waals surface area contributed by atoms with Crippen LogP contribution in [0.3, 0.4) is 0 Å². The fraction of sp³-hybridized carbons (Fsp3) is 0.786. The van der Waals surface area contributed by atoms with Gasteiger partial charge in [0, 0.05) is 45.0 Å². The first-order valence-electron chi connectivity index (χ1n) is 7.28. The van der Waals surface area contributed by atoms with Crippen LogP contribution in [0.2, 0.25) is 0 Å². The summed E-state index contributed by atoms with van der Waals surface area (Å²) in [4.78, 5) is 6.88. The highest BCUT2D eigenvalue weighted by Gasteiger charge is 2.28. The molecule has 0 aliphatic carbocycles. The maximum Gasteiger partial charge on any atom is 0.110 e. The molecular formula is C14H26N4O. The van der Waals surface area contributed by atoms with Gasteiger partial charge in [-0.25, -0.2) is 4.98 Å². The van der Waals surface area contributed by atoms with Crippen molar-refractivity contribution in [2.45, 2.75) is 32.4 Å². The first kappa shape index (κ1) is 14.5. The Labute approximate surface area is 116 Å². The number of hydrogen-bond donors (Lipinski definition) is 1. The summed E-state index contributed by atoms with van der Waals surface area (Å²) in [6, 6.07) is 0.334. The van der Waals surface area contributed by atoms with Gasteiger partial charge in [0.15, 0.2) is 0 Å². The predicted molar refractivity (Wildman–Crippen MR) is 76.2 cm³/mol. The van der Waals surface area contributed by atoms with Crippen molar-refractivity contribution in [3.8, 4) is 0 Å². The smallest absolute Gasteiger partial charge is 0.110 e. The summed E-state index contributed by atoms with van der Waals surface area (Å²) in [7, 11) is 2.05. The van der Waals surface area contributed by atoms with Crippen LogP contribution >= 0.6 is 0 Å². The average Bonchev–Trinajstić information content (AvgIpc) is 2.84. The van der Waals surface area contributed by atoms with Crippen LogP contribution < -0.4 is 5.32 Å². The summed E-state index contributed by atoms with van der Waals surface area (Å²) in [5.41, 5.74) is 0. The van der Waals surface area contributed by atoms with Crippen LogP contribution in [-0.4, -0.2) is 59.4 Å². The molecule has 1 fully saturated rings. The first-order valence-corrected chi connectivity index (χ1v) is 7.28. The molecule has 0 saturated carbocycles. The number of nitrogens with one attached hydrogen (secondary N) is 1. The summed E-state index contributed by atoms with van der Waals surface area (Å²) >= 11 is 0. The number of hydrogen-bond acceptors (Lipinski definition) is 4. The molecule has 1 saturated heterocycles. The van der Waals surface area contributed by atoms with Crippen LogP contribution in [-0.2, 0) is 18.2 Å². The lowest BCUT2D eigenvalue weighted by Crippen LogP contribution is -2.53. The molecule has 1 aromatic heterocycles. The third-order valence-electron chi connectivity index (χ3n) is 3.86. The predicted octanol–water partition coefficient (Wildman–Crippen LogP) is 0.661. The van der Waals surface area contributed by atoms with Crippen molar-refractivity contribution in [2.75, 3.05) is 32.8 Å². The van der Waals surface area contributed by atoms with E-state index in [0.717, 1.165) is 45.0 Å². The molecule has 1 N–H and O–H groups in total. The van der Waals surface area contributed by atoms with E-state index in [1.807, 2.05) is 19.4 Å². The Hall–Kier alpha value is -0.910. The van der Waals surface area contributed by atoms with Gasteiger partial charge in [-0.3, -0.25) is 4.90 Å². The molecule has 19 heavy (non-hydrogen) atoms. The number of rotatable bonds is 6. The van der Waals surface area contributed by atoms with E-state index in [2.05, 4.69) is 33.6 Å². The van der Waals surface area contributed by atoms with Gasteiger partial charge >= 0.3 is 0 Å². The highest BCUT2D eigenvalue weighted by atomic mass is 16.5. The fourth-order valence-electron chi connectivity index (χ4n) is 2.65. The van der Waals surface area contributed by atoms with E-state index in [1.165, 1.54) is 0 Å². The molecule has 0 aromatic carbocycles. The molecule has 2 atom stereocenters. The minimum Gasteiger partial charge on any atom is -0.374 e. The second kappa shape index (κ2) is 7.03. The first-order chi connectivity index (χ1) is 9.24. The molecule has 0 spiro atoms. The van der Waals surface area contributed by atoms with Crippen molar-refractivity contribution < 1.29 is 4.74 Å². The highest BCUT2D eigenvalue weighted by Crippen LogP contribution is 2.12. The second-order valence-corrected chi connectivity index (χ2v) is 5.13. The number of imidazole rings is 1. The van der Waals surface area contributed by atoms with Crippen molar-refractivity contribution in [3.63, 3.8) is 0 Å². The zero-order valence-electron chi connectivity index (χ0n) is 12.3. The molecule has 2 rings (SSSR count). The van der Waals surface area contributed by atoms with Gasteiger partial charge in [0.1, 0.15) is 5.82 Å². The van der Waals surface area contributed by atoms with Gasteiger partial charge in [0.2, 0.25) is 0 Å². The van der Waals surface area contributed by atoms with Crippen molar-refractivity contribution >= 4 is 0 Å². The Kier molecular flexibility index (Phi) is 5.36. The summed E-state index contributed by atoms with van der Waals surface area (Å²) < 4.78 is 8.06. The molecule has 0 bridgehead atoms. The molecule has 0 amide bonds. The van der Waals surface area contributed by atoms with Crippen molar-refractivity contribution in [3.05, 3.63) is 18.2 Å². The molecule has 1 aliphatic heterocycles. The molecule has 5 nitrogen and oxygen atoms in total. The number of likely N-dealkylation sites (N-methyl/N-ethyl adjacent to an activating group) is 2. The molecule has 0 radical (unpaired) electrons. The van der Waals surface area contributed by atoms with Crippen LogP contribution in [0, 0.1) is 0 Å². The van der Waals surface area contributed by atoms with Crippen LogP contribution in [0.15, 0.2) is 12.4 Å². The minimum atomic E-state index is 0.255. The van der Waals surface area contributed by atoms with Gasteiger partial charge in [0.05, 0.1) is 12.7 Å². The quantitative estimate of drug-likeness (QED) is 0.821. The van der Waals surface area contributed by atoms with Crippen LogP contribution in [0.4, 0.5) is 0 Å². The second-order valence-electron chi connectivity index (χ2n) is 5.13. The van der Waals surface area contributed by atoms with Crippen molar-refractivity contribution in [1.82, 2.24) is 19.8 Å². The number of morpholine rings is 1.